The number of aromatic nitrogens is 2. The highest BCUT2D eigenvalue weighted by atomic mass is 15.1. The summed E-state index contributed by atoms with van der Waals surface area (Å²) in [5.74, 6) is 2.97. The molecule has 1 heterocycles. The van der Waals surface area contributed by atoms with Gasteiger partial charge in [0.25, 0.3) is 0 Å². The molecule has 4 aliphatic carbocycles. The van der Waals surface area contributed by atoms with Crippen LogP contribution in [0.3, 0.4) is 0 Å². The fraction of sp³-hybridized carbons (Fsp3) is 0.833. The van der Waals surface area contributed by atoms with Crippen molar-refractivity contribution in [1.82, 2.24) is 15.5 Å². The number of aromatic amines is 1. The number of hydrogen-bond acceptors (Lipinski definition) is 2. The Labute approximate surface area is 128 Å². The predicted octanol–water partition coefficient (Wildman–Crippen LogP) is 3.77. The molecule has 0 amide bonds. The van der Waals surface area contributed by atoms with E-state index < -0.39 is 0 Å². The maximum atomic E-state index is 4.74. The topological polar surface area (TPSA) is 40.7 Å². The van der Waals surface area contributed by atoms with E-state index in [2.05, 4.69) is 37.3 Å². The van der Waals surface area contributed by atoms with Crippen molar-refractivity contribution in [2.75, 3.05) is 0 Å². The summed E-state index contributed by atoms with van der Waals surface area (Å²) in [5.41, 5.74) is 3.19. The quantitative estimate of drug-likeness (QED) is 0.888. The van der Waals surface area contributed by atoms with Crippen LogP contribution in [0.1, 0.15) is 70.7 Å². The average molecular weight is 287 g/mol. The normalized spacial score (nSPS) is 38.1. The average Bonchev–Trinajstić information content (AvgIpc) is 2.83. The molecular formula is C18H29N3. The first-order valence-corrected chi connectivity index (χ1v) is 8.72. The van der Waals surface area contributed by atoms with Gasteiger partial charge in [-0.25, -0.2) is 0 Å². The van der Waals surface area contributed by atoms with Crippen LogP contribution < -0.4 is 5.32 Å². The minimum atomic E-state index is 0.159. The van der Waals surface area contributed by atoms with Gasteiger partial charge in [-0.2, -0.15) is 5.10 Å². The zero-order chi connectivity index (χ0) is 14.7. The van der Waals surface area contributed by atoms with Crippen LogP contribution in [0.15, 0.2) is 6.07 Å². The van der Waals surface area contributed by atoms with E-state index in [1.165, 1.54) is 49.9 Å². The molecule has 0 spiro atoms. The molecule has 2 N–H and O–H groups in total. The van der Waals surface area contributed by atoms with Crippen LogP contribution in [0.4, 0.5) is 0 Å². The largest absolute Gasteiger partial charge is 0.306 e. The van der Waals surface area contributed by atoms with Gasteiger partial charge in [0.2, 0.25) is 0 Å². The molecule has 5 rings (SSSR count). The Hall–Kier alpha value is -0.830. The Kier molecular flexibility index (Phi) is 3.01. The molecule has 4 aliphatic rings. The van der Waals surface area contributed by atoms with Gasteiger partial charge in [-0.15, -0.1) is 0 Å². The molecule has 1 aromatic rings. The monoisotopic (exact) mass is 287 g/mol. The second-order valence-electron chi connectivity index (χ2n) is 9.08. The van der Waals surface area contributed by atoms with Crippen molar-refractivity contribution in [1.29, 1.82) is 0 Å². The summed E-state index contributed by atoms with van der Waals surface area (Å²) in [5, 5.41) is 11.6. The predicted molar refractivity (Wildman–Crippen MR) is 85.0 cm³/mol. The van der Waals surface area contributed by atoms with E-state index in [0.717, 1.165) is 24.3 Å². The molecule has 0 unspecified atom stereocenters. The summed E-state index contributed by atoms with van der Waals surface area (Å²) >= 11 is 0. The molecule has 0 radical (unpaired) electrons. The van der Waals surface area contributed by atoms with Gasteiger partial charge in [0.15, 0.2) is 0 Å². The molecule has 21 heavy (non-hydrogen) atoms. The van der Waals surface area contributed by atoms with Gasteiger partial charge < -0.3 is 5.32 Å². The molecule has 116 valence electrons. The molecular weight excluding hydrogens is 258 g/mol. The highest BCUT2D eigenvalue weighted by molar-refractivity contribution is 5.24. The second-order valence-corrected chi connectivity index (χ2v) is 9.08. The minimum Gasteiger partial charge on any atom is -0.306 e. The van der Waals surface area contributed by atoms with Crippen molar-refractivity contribution in [3.63, 3.8) is 0 Å². The highest BCUT2D eigenvalue weighted by Gasteiger charge is 2.52. The molecule has 4 bridgehead atoms. The zero-order valence-corrected chi connectivity index (χ0v) is 13.7. The van der Waals surface area contributed by atoms with Crippen LogP contribution in [0.25, 0.3) is 0 Å². The lowest BCUT2D eigenvalue weighted by atomic mass is 9.49. The van der Waals surface area contributed by atoms with E-state index in [9.17, 15) is 0 Å². The maximum absolute atomic E-state index is 4.74. The summed E-state index contributed by atoms with van der Waals surface area (Å²) in [6, 6.07) is 2.35. The van der Waals surface area contributed by atoms with E-state index in [0.29, 0.717) is 5.41 Å². The van der Waals surface area contributed by atoms with Crippen LogP contribution >= 0.6 is 0 Å². The van der Waals surface area contributed by atoms with E-state index >= 15 is 0 Å². The molecule has 0 aliphatic heterocycles. The third-order valence-corrected chi connectivity index (χ3v) is 6.02. The van der Waals surface area contributed by atoms with Crippen LogP contribution in [0.2, 0.25) is 0 Å². The third-order valence-electron chi connectivity index (χ3n) is 6.02. The number of H-pyrrole nitrogens is 1. The Morgan fingerprint density at radius 1 is 1.14 bits per heavy atom. The molecule has 3 heteroatoms. The fourth-order valence-corrected chi connectivity index (χ4v) is 5.51. The molecule has 4 saturated carbocycles. The number of rotatable bonds is 3. The lowest BCUT2D eigenvalue weighted by molar-refractivity contribution is -0.00722. The van der Waals surface area contributed by atoms with E-state index in [4.69, 9.17) is 5.10 Å². The molecule has 4 fully saturated rings. The Morgan fingerprint density at radius 3 is 2.24 bits per heavy atom. The Bertz CT molecular complexity index is 488. The molecule has 1 aromatic heterocycles. The maximum Gasteiger partial charge on any atom is 0.0687 e. The molecule has 0 atom stereocenters. The van der Waals surface area contributed by atoms with Gasteiger partial charge in [-0.1, -0.05) is 0 Å². The second kappa shape index (κ2) is 4.58. The van der Waals surface area contributed by atoms with Crippen molar-refractivity contribution >= 4 is 0 Å². The van der Waals surface area contributed by atoms with Gasteiger partial charge in [0.05, 0.1) is 5.69 Å². The zero-order valence-electron chi connectivity index (χ0n) is 13.7. The minimum absolute atomic E-state index is 0.159. The SMILES string of the molecule is CC(C)(C)NCc1cc(C23CC4CC(CC(C4)C2)C3)n[nH]1. The lowest BCUT2D eigenvalue weighted by Gasteiger charge is -2.56. The molecule has 0 saturated heterocycles. The fourth-order valence-electron chi connectivity index (χ4n) is 5.51. The third kappa shape index (κ3) is 2.54. The first-order valence-electron chi connectivity index (χ1n) is 8.72. The van der Waals surface area contributed by atoms with Gasteiger partial charge in [0, 0.05) is 23.2 Å². The summed E-state index contributed by atoms with van der Waals surface area (Å²) in [6.07, 6.45) is 8.70. The van der Waals surface area contributed by atoms with Crippen molar-refractivity contribution in [3.05, 3.63) is 17.5 Å². The summed E-state index contributed by atoms with van der Waals surface area (Å²) in [6.45, 7) is 7.53. The first kappa shape index (κ1) is 13.8. The van der Waals surface area contributed by atoms with Crippen molar-refractivity contribution in [2.24, 2.45) is 17.8 Å². The Morgan fingerprint density at radius 2 is 1.71 bits per heavy atom. The number of hydrogen-bond donors (Lipinski definition) is 2. The Balaban J connectivity index is 1.53. The van der Waals surface area contributed by atoms with Gasteiger partial charge in [0.1, 0.15) is 0 Å². The summed E-state index contributed by atoms with van der Waals surface area (Å²) < 4.78 is 0. The summed E-state index contributed by atoms with van der Waals surface area (Å²) in [7, 11) is 0. The molecule has 3 nitrogen and oxygen atoms in total. The summed E-state index contributed by atoms with van der Waals surface area (Å²) in [4.78, 5) is 0. The van der Waals surface area contributed by atoms with Crippen molar-refractivity contribution < 1.29 is 0 Å². The standard InChI is InChI=1S/C18H29N3/c1-17(2,3)19-11-15-7-16(21-20-15)18-8-12-4-13(9-18)6-14(5-12)10-18/h7,12-14,19H,4-6,8-11H2,1-3H3,(H,20,21). The lowest BCUT2D eigenvalue weighted by Crippen LogP contribution is -2.48. The van der Waals surface area contributed by atoms with E-state index in [1.54, 1.807) is 0 Å². The first-order chi connectivity index (χ1) is 9.92. The van der Waals surface area contributed by atoms with Crippen LogP contribution in [-0.4, -0.2) is 15.7 Å². The number of nitrogens with one attached hydrogen (secondary N) is 2. The smallest absolute Gasteiger partial charge is 0.0687 e. The van der Waals surface area contributed by atoms with Crippen molar-refractivity contribution in [2.45, 2.75) is 76.8 Å². The van der Waals surface area contributed by atoms with Gasteiger partial charge in [-0.05, 0) is 83.1 Å². The van der Waals surface area contributed by atoms with E-state index in [-0.39, 0.29) is 5.54 Å². The van der Waals surface area contributed by atoms with Crippen LogP contribution in [0, 0.1) is 17.8 Å². The van der Waals surface area contributed by atoms with Crippen molar-refractivity contribution in [3.8, 4) is 0 Å². The molecule has 0 aromatic carbocycles. The highest BCUT2D eigenvalue weighted by Crippen LogP contribution is 2.60. The van der Waals surface area contributed by atoms with Gasteiger partial charge in [-0.3, -0.25) is 5.10 Å². The van der Waals surface area contributed by atoms with Gasteiger partial charge >= 0.3 is 0 Å². The van der Waals surface area contributed by atoms with Crippen LogP contribution in [-0.2, 0) is 12.0 Å². The van der Waals surface area contributed by atoms with E-state index in [1.807, 2.05) is 0 Å². The van der Waals surface area contributed by atoms with Crippen LogP contribution in [0.5, 0.6) is 0 Å². The number of nitrogens with zero attached hydrogens (tertiary/aromatic N) is 1.